The maximum absolute atomic E-state index is 15.4. The van der Waals surface area contributed by atoms with Crippen molar-refractivity contribution in [1.29, 1.82) is 0 Å². The van der Waals surface area contributed by atoms with Crippen LogP contribution in [0.4, 0.5) is 23.7 Å². The molecule has 1 aromatic heterocycles. The minimum atomic E-state index is -0.821. The van der Waals surface area contributed by atoms with Crippen LogP contribution >= 0.6 is 11.6 Å². The van der Waals surface area contributed by atoms with Crippen LogP contribution in [0.1, 0.15) is 75.5 Å². The number of amides is 2. The summed E-state index contributed by atoms with van der Waals surface area (Å²) < 4.78 is 55.4. The highest BCUT2D eigenvalue weighted by molar-refractivity contribution is 6.30. The van der Waals surface area contributed by atoms with Gasteiger partial charge in [-0.3, -0.25) is 14.7 Å². The Kier molecular flexibility index (Phi) is 11.4. The van der Waals surface area contributed by atoms with Gasteiger partial charge in [-0.25, -0.2) is 18.0 Å². The number of rotatable bonds is 10. The van der Waals surface area contributed by atoms with Crippen molar-refractivity contribution in [1.82, 2.24) is 9.88 Å². The number of anilines is 1. The van der Waals surface area contributed by atoms with Crippen LogP contribution in [0.25, 0.3) is 0 Å². The van der Waals surface area contributed by atoms with E-state index in [1.54, 1.807) is 32.9 Å². The van der Waals surface area contributed by atoms with E-state index < -0.39 is 59.0 Å². The van der Waals surface area contributed by atoms with E-state index in [9.17, 15) is 23.2 Å². The van der Waals surface area contributed by atoms with Crippen molar-refractivity contribution in [2.45, 2.75) is 76.5 Å². The van der Waals surface area contributed by atoms with Crippen LogP contribution in [-0.2, 0) is 19.1 Å². The smallest absolute Gasteiger partial charge is 0.411 e. The molecular weight excluding hydrogens is 623 g/mol. The molecule has 1 aliphatic heterocycles. The molecule has 0 radical (unpaired) electrons. The van der Waals surface area contributed by atoms with E-state index in [1.165, 1.54) is 41.4 Å². The zero-order chi connectivity index (χ0) is 33.6. The zero-order valence-corrected chi connectivity index (χ0v) is 26.8. The molecule has 2 aromatic carbocycles. The predicted molar refractivity (Wildman–Crippen MR) is 167 cm³/mol. The van der Waals surface area contributed by atoms with Gasteiger partial charge in [0.1, 0.15) is 35.4 Å². The molecule has 1 saturated heterocycles. The minimum Gasteiger partial charge on any atom is -0.444 e. The topological polar surface area (TPSA) is 97.8 Å². The normalized spacial score (nSPS) is 18.0. The Morgan fingerprint density at radius 1 is 1.13 bits per heavy atom. The number of hydrogen-bond donors (Lipinski definition) is 1. The van der Waals surface area contributed by atoms with E-state index in [0.29, 0.717) is 23.8 Å². The number of nitrogens with zero attached hydrogens (tertiary/aromatic N) is 2. The number of carbonyl (C=O) groups excluding carboxylic acids is 3. The second kappa shape index (κ2) is 15.1. The van der Waals surface area contributed by atoms with Crippen molar-refractivity contribution in [3.63, 3.8) is 0 Å². The van der Waals surface area contributed by atoms with Gasteiger partial charge in [-0.05, 0) is 74.9 Å². The Balaban J connectivity index is 1.56. The fourth-order valence-electron chi connectivity index (χ4n) is 5.55. The van der Waals surface area contributed by atoms with Gasteiger partial charge in [-0.2, -0.15) is 0 Å². The molecule has 12 heteroatoms. The second-order valence-electron chi connectivity index (χ2n) is 12.2. The third-order valence-electron chi connectivity index (χ3n) is 7.74. The number of morpholine rings is 1. The van der Waals surface area contributed by atoms with Crippen LogP contribution in [0.5, 0.6) is 0 Å². The number of aromatic nitrogens is 1. The van der Waals surface area contributed by atoms with E-state index in [0.717, 1.165) is 6.20 Å². The lowest BCUT2D eigenvalue weighted by molar-refractivity contribution is -0.123. The van der Waals surface area contributed by atoms with Gasteiger partial charge in [-0.1, -0.05) is 36.7 Å². The lowest BCUT2D eigenvalue weighted by Crippen LogP contribution is -2.54. The largest absolute Gasteiger partial charge is 0.444 e. The highest BCUT2D eigenvalue weighted by atomic mass is 35.5. The van der Waals surface area contributed by atoms with E-state index in [-0.39, 0.29) is 42.3 Å². The van der Waals surface area contributed by atoms with Crippen molar-refractivity contribution in [2.75, 3.05) is 18.5 Å². The molecule has 2 heterocycles. The van der Waals surface area contributed by atoms with Gasteiger partial charge in [0.05, 0.1) is 42.4 Å². The second-order valence-corrected chi connectivity index (χ2v) is 12.7. The molecular formula is C34H37ClF3N3O5. The van der Waals surface area contributed by atoms with Crippen LogP contribution in [0.15, 0.2) is 54.9 Å². The molecule has 8 nitrogen and oxygen atoms in total. The summed E-state index contributed by atoms with van der Waals surface area (Å²) in [6, 6.07) is 8.98. The first-order valence-corrected chi connectivity index (χ1v) is 15.4. The van der Waals surface area contributed by atoms with Crippen molar-refractivity contribution in [3.05, 3.63) is 94.0 Å². The van der Waals surface area contributed by atoms with Gasteiger partial charge in [-0.15, -0.1) is 0 Å². The molecule has 46 heavy (non-hydrogen) atoms. The molecule has 4 atom stereocenters. The first-order valence-electron chi connectivity index (χ1n) is 15.0. The maximum atomic E-state index is 15.4. The van der Waals surface area contributed by atoms with Crippen LogP contribution in [0, 0.1) is 17.5 Å². The molecule has 2 amide bonds. The van der Waals surface area contributed by atoms with Crippen LogP contribution in [0.2, 0.25) is 5.02 Å². The zero-order valence-electron chi connectivity index (χ0n) is 26.1. The van der Waals surface area contributed by atoms with Crippen molar-refractivity contribution in [2.24, 2.45) is 0 Å². The highest BCUT2D eigenvalue weighted by Crippen LogP contribution is 2.36. The number of aldehydes is 1. The molecule has 1 aliphatic rings. The summed E-state index contributed by atoms with van der Waals surface area (Å²) in [4.78, 5) is 43.3. The fraction of sp³-hybridized carbons (Fsp3) is 0.412. The van der Waals surface area contributed by atoms with E-state index >= 15 is 4.39 Å². The van der Waals surface area contributed by atoms with Crippen molar-refractivity contribution in [3.8, 4) is 0 Å². The molecule has 3 aromatic rings. The average molecular weight is 660 g/mol. The summed E-state index contributed by atoms with van der Waals surface area (Å²) in [5.74, 6) is -3.59. The molecule has 246 valence electrons. The van der Waals surface area contributed by atoms with Gasteiger partial charge in [0.15, 0.2) is 0 Å². The summed E-state index contributed by atoms with van der Waals surface area (Å²) in [6.07, 6.45) is 2.31. The first kappa shape index (κ1) is 34.9. The Morgan fingerprint density at radius 2 is 1.87 bits per heavy atom. The number of hydrogen-bond acceptors (Lipinski definition) is 6. The predicted octanol–water partition coefficient (Wildman–Crippen LogP) is 7.40. The molecule has 0 aliphatic carbocycles. The molecule has 1 unspecified atom stereocenters. The SMILES string of the molecule is CCC(C[C@@H]1CN(C(=O)OC(C)(C)C)[C@@H](C=O)CO1)c1c(F)cncc1NC(=O)C[C@H](c1cccc(F)c1)c1ccc(Cl)c(F)c1. The number of halogens is 4. The number of pyridine rings is 1. The van der Waals surface area contributed by atoms with Gasteiger partial charge in [0.2, 0.25) is 5.91 Å². The first-order chi connectivity index (χ1) is 21.8. The number of benzene rings is 2. The highest BCUT2D eigenvalue weighted by Gasteiger charge is 2.36. The number of nitrogens with one attached hydrogen (secondary N) is 1. The third-order valence-corrected chi connectivity index (χ3v) is 8.04. The van der Waals surface area contributed by atoms with E-state index in [4.69, 9.17) is 21.1 Å². The monoisotopic (exact) mass is 659 g/mol. The molecule has 1 fully saturated rings. The third kappa shape index (κ3) is 8.85. The van der Waals surface area contributed by atoms with E-state index in [2.05, 4.69) is 10.3 Å². The molecule has 0 spiro atoms. The summed E-state index contributed by atoms with van der Waals surface area (Å²) in [5.41, 5.74) is 0.425. The van der Waals surface area contributed by atoms with E-state index in [1.807, 2.05) is 6.92 Å². The summed E-state index contributed by atoms with van der Waals surface area (Å²) in [5, 5.41) is 2.66. The summed E-state index contributed by atoms with van der Waals surface area (Å²) in [6.45, 7) is 7.04. The number of ether oxygens (including phenoxy) is 2. The fourth-order valence-corrected chi connectivity index (χ4v) is 5.67. The molecule has 4 rings (SSSR count). The van der Waals surface area contributed by atoms with Crippen LogP contribution in [-0.4, -0.2) is 59.1 Å². The minimum absolute atomic E-state index is 0.0426. The summed E-state index contributed by atoms with van der Waals surface area (Å²) >= 11 is 5.87. The number of carbonyl (C=O) groups is 3. The maximum Gasteiger partial charge on any atom is 0.411 e. The van der Waals surface area contributed by atoms with Gasteiger partial charge >= 0.3 is 6.09 Å². The quantitative estimate of drug-likeness (QED) is 0.228. The Morgan fingerprint density at radius 3 is 2.52 bits per heavy atom. The van der Waals surface area contributed by atoms with Crippen molar-refractivity contribution < 1.29 is 37.0 Å². The lowest BCUT2D eigenvalue weighted by atomic mass is 9.87. The molecule has 0 bridgehead atoms. The van der Waals surface area contributed by atoms with Gasteiger partial charge in [0, 0.05) is 17.9 Å². The average Bonchev–Trinajstić information content (AvgIpc) is 2.99. The Labute approximate surface area is 271 Å². The lowest BCUT2D eigenvalue weighted by Gasteiger charge is -2.39. The Bertz CT molecular complexity index is 1570. The van der Waals surface area contributed by atoms with Crippen LogP contribution < -0.4 is 5.32 Å². The van der Waals surface area contributed by atoms with Gasteiger partial charge in [0.25, 0.3) is 0 Å². The summed E-state index contributed by atoms with van der Waals surface area (Å²) in [7, 11) is 0. The molecule has 1 N–H and O–H groups in total. The standard InChI is InChI=1S/C34H37ClF3N3O5/c1-5-20(12-25-17-41(24(18-42)19-45-25)33(44)46-34(2,3)4)32-29(38)15-39-16-30(32)40-31(43)14-26(21-7-6-8-23(36)11-21)22-9-10-27(35)28(37)13-22/h6-11,13,15-16,18,20,24-26H,5,12,14,17,19H2,1-4H3,(H,40,43)/t20?,24-,25+,26+/m0/s1. The van der Waals surface area contributed by atoms with Crippen LogP contribution in [0.3, 0.4) is 0 Å². The van der Waals surface area contributed by atoms with Gasteiger partial charge < -0.3 is 19.6 Å². The Hall–Kier alpha value is -3.96. The van der Waals surface area contributed by atoms with Crippen molar-refractivity contribution >= 4 is 35.6 Å². The molecule has 0 saturated carbocycles.